The Hall–Kier alpha value is -2.01. The molecule has 3 aromatic rings. The molecule has 1 saturated heterocycles. The Morgan fingerprint density at radius 1 is 1.06 bits per heavy atom. The Kier molecular flexibility index (Phi) is 8.04. The highest BCUT2D eigenvalue weighted by molar-refractivity contribution is 6.30. The van der Waals surface area contributed by atoms with E-state index in [0.29, 0.717) is 17.3 Å². The second kappa shape index (κ2) is 10.5. The quantitative estimate of drug-likeness (QED) is 0.513. The van der Waals surface area contributed by atoms with Crippen molar-refractivity contribution in [2.45, 2.75) is 32.6 Å². The molecule has 1 aliphatic heterocycles. The lowest BCUT2D eigenvalue weighted by Gasteiger charge is -2.26. The number of nitrogens with zero attached hydrogens (tertiary/aromatic N) is 2. The highest BCUT2D eigenvalue weighted by Crippen LogP contribution is 2.35. The summed E-state index contributed by atoms with van der Waals surface area (Å²) in [6.07, 6.45) is 4.81. The summed E-state index contributed by atoms with van der Waals surface area (Å²) in [4.78, 5) is 15.8. The standard InChI is InChI=1S/C25H30ClN3O.ClH/c1-3-18-7-12-22-21(17-18)23(19-8-10-20(26)11-9-19)24(28(22)2)25(30)27-13-16-29-14-5-4-6-15-29;/h7-12,17H,3-6,13-16H2,1-2H3,(H,27,30);1H. The van der Waals surface area contributed by atoms with Crippen molar-refractivity contribution in [1.82, 2.24) is 14.8 Å². The van der Waals surface area contributed by atoms with Crippen molar-refractivity contribution in [3.63, 3.8) is 0 Å². The molecular weight excluding hydrogens is 429 g/mol. The van der Waals surface area contributed by atoms with Gasteiger partial charge in [-0.15, -0.1) is 12.4 Å². The average molecular weight is 460 g/mol. The predicted octanol–water partition coefficient (Wildman–Crippen LogP) is 5.70. The van der Waals surface area contributed by atoms with Crippen LogP contribution in [0.2, 0.25) is 5.02 Å². The van der Waals surface area contributed by atoms with Crippen LogP contribution in [-0.4, -0.2) is 41.6 Å². The van der Waals surface area contributed by atoms with Gasteiger partial charge in [-0.1, -0.05) is 43.1 Å². The maximum atomic E-state index is 13.3. The maximum Gasteiger partial charge on any atom is 0.268 e. The minimum absolute atomic E-state index is 0. The zero-order chi connectivity index (χ0) is 21.1. The molecule has 0 saturated carbocycles. The highest BCUT2D eigenvalue weighted by Gasteiger charge is 2.22. The molecule has 0 bridgehead atoms. The van der Waals surface area contributed by atoms with Crippen molar-refractivity contribution in [2.75, 3.05) is 26.2 Å². The molecule has 1 aromatic heterocycles. The third kappa shape index (κ3) is 5.08. The third-order valence-corrected chi connectivity index (χ3v) is 6.43. The number of likely N-dealkylation sites (tertiary alicyclic amines) is 1. The first-order valence-corrected chi connectivity index (χ1v) is 11.3. The summed E-state index contributed by atoms with van der Waals surface area (Å²) in [5.41, 5.74) is 5.03. The van der Waals surface area contributed by atoms with Crippen molar-refractivity contribution in [1.29, 1.82) is 0 Å². The summed E-state index contributed by atoms with van der Waals surface area (Å²) >= 11 is 6.13. The van der Waals surface area contributed by atoms with Crippen molar-refractivity contribution in [2.24, 2.45) is 7.05 Å². The van der Waals surface area contributed by atoms with E-state index in [4.69, 9.17) is 11.6 Å². The number of aryl methyl sites for hydroxylation is 2. The van der Waals surface area contributed by atoms with E-state index in [-0.39, 0.29) is 18.3 Å². The first kappa shape index (κ1) is 23.6. The average Bonchev–Trinajstić information content (AvgIpc) is 3.06. The monoisotopic (exact) mass is 459 g/mol. The molecular formula is C25H31Cl2N3O. The Morgan fingerprint density at radius 2 is 1.77 bits per heavy atom. The third-order valence-electron chi connectivity index (χ3n) is 6.18. The number of fused-ring (bicyclic) bond motifs is 1. The molecule has 1 fully saturated rings. The number of carbonyl (C=O) groups excluding carboxylic acids is 1. The van der Waals surface area contributed by atoms with Crippen LogP contribution in [0.1, 0.15) is 42.2 Å². The molecule has 0 unspecified atom stereocenters. The molecule has 4 nitrogen and oxygen atoms in total. The number of hydrogen-bond donors (Lipinski definition) is 1. The number of aromatic nitrogens is 1. The SMILES string of the molecule is CCc1ccc2c(c1)c(-c1ccc(Cl)cc1)c(C(=O)NCCN1CCCCC1)n2C.Cl. The molecule has 1 aliphatic rings. The van der Waals surface area contributed by atoms with E-state index < -0.39 is 0 Å². The zero-order valence-electron chi connectivity index (χ0n) is 18.3. The minimum atomic E-state index is -0.0197. The van der Waals surface area contributed by atoms with E-state index in [1.807, 2.05) is 35.9 Å². The molecule has 1 amide bonds. The normalized spacial score (nSPS) is 14.4. The van der Waals surface area contributed by atoms with Crippen LogP contribution in [0.15, 0.2) is 42.5 Å². The van der Waals surface area contributed by atoms with E-state index in [1.165, 1.54) is 24.8 Å². The maximum absolute atomic E-state index is 13.3. The fourth-order valence-corrected chi connectivity index (χ4v) is 4.61. The molecule has 0 aliphatic carbocycles. The molecule has 0 radical (unpaired) electrons. The second-order valence-corrected chi connectivity index (χ2v) is 8.59. The lowest BCUT2D eigenvalue weighted by molar-refractivity contribution is 0.0939. The van der Waals surface area contributed by atoms with E-state index >= 15 is 0 Å². The number of rotatable bonds is 6. The summed E-state index contributed by atoms with van der Waals surface area (Å²) in [5, 5.41) is 4.98. The molecule has 1 N–H and O–H groups in total. The molecule has 6 heteroatoms. The van der Waals surface area contributed by atoms with Gasteiger partial charge in [-0.05, 0) is 67.7 Å². The Morgan fingerprint density at radius 3 is 2.45 bits per heavy atom. The summed E-state index contributed by atoms with van der Waals surface area (Å²) in [6.45, 7) is 6.01. The van der Waals surface area contributed by atoms with Crippen LogP contribution in [0, 0.1) is 0 Å². The number of halogens is 2. The van der Waals surface area contributed by atoms with Crippen LogP contribution < -0.4 is 5.32 Å². The minimum Gasteiger partial charge on any atom is -0.349 e. The predicted molar refractivity (Wildman–Crippen MR) is 133 cm³/mol. The van der Waals surface area contributed by atoms with Gasteiger partial charge >= 0.3 is 0 Å². The van der Waals surface area contributed by atoms with Crippen LogP contribution >= 0.6 is 24.0 Å². The van der Waals surface area contributed by atoms with Crippen molar-refractivity contribution >= 4 is 40.8 Å². The van der Waals surface area contributed by atoms with Crippen LogP contribution in [0.3, 0.4) is 0 Å². The van der Waals surface area contributed by atoms with Gasteiger partial charge < -0.3 is 14.8 Å². The Balaban J connectivity index is 0.00000272. The van der Waals surface area contributed by atoms with Gasteiger partial charge in [-0.25, -0.2) is 0 Å². The molecule has 2 heterocycles. The molecule has 0 spiro atoms. The highest BCUT2D eigenvalue weighted by atomic mass is 35.5. The van der Waals surface area contributed by atoms with Crippen molar-refractivity contribution in [3.8, 4) is 11.1 Å². The van der Waals surface area contributed by atoms with Gasteiger partial charge in [0.15, 0.2) is 0 Å². The van der Waals surface area contributed by atoms with E-state index in [9.17, 15) is 4.79 Å². The Labute approximate surface area is 196 Å². The van der Waals surface area contributed by atoms with E-state index in [1.54, 1.807) is 0 Å². The van der Waals surface area contributed by atoms with Crippen molar-refractivity contribution < 1.29 is 4.79 Å². The summed E-state index contributed by atoms with van der Waals surface area (Å²) in [6, 6.07) is 14.3. The zero-order valence-corrected chi connectivity index (χ0v) is 19.9. The summed E-state index contributed by atoms with van der Waals surface area (Å²) in [5.74, 6) is -0.0197. The first-order valence-electron chi connectivity index (χ1n) is 11.0. The molecule has 0 atom stereocenters. The summed E-state index contributed by atoms with van der Waals surface area (Å²) in [7, 11) is 1.98. The van der Waals surface area contributed by atoms with Crippen LogP contribution in [-0.2, 0) is 13.5 Å². The van der Waals surface area contributed by atoms with Gasteiger partial charge in [0.2, 0.25) is 0 Å². The molecule has 2 aromatic carbocycles. The van der Waals surface area contributed by atoms with Crippen LogP contribution in [0.25, 0.3) is 22.0 Å². The fourth-order valence-electron chi connectivity index (χ4n) is 4.48. The van der Waals surface area contributed by atoms with Crippen molar-refractivity contribution in [3.05, 3.63) is 58.7 Å². The van der Waals surface area contributed by atoms with E-state index in [2.05, 4.69) is 35.3 Å². The number of amides is 1. The second-order valence-electron chi connectivity index (χ2n) is 8.15. The van der Waals surface area contributed by atoms with Gasteiger partial charge in [0, 0.05) is 41.6 Å². The van der Waals surface area contributed by atoms with Gasteiger partial charge in [0.05, 0.1) is 0 Å². The summed E-state index contributed by atoms with van der Waals surface area (Å²) < 4.78 is 2.02. The molecule has 31 heavy (non-hydrogen) atoms. The topological polar surface area (TPSA) is 37.3 Å². The fraction of sp³-hybridized carbons (Fsp3) is 0.400. The first-order chi connectivity index (χ1) is 14.6. The largest absolute Gasteiger partial charge is 0.349 e. The molecule has 166 valence electrons. The number of piperidine rings is 1. The van der Waals surface area contributed by atoms with Gasteiger partial charge in [0.1, 0.15) is 5.69 Å². The number of nitrogens with one attached hydrogen (secondary N) is 1. The lowest BCUT2D eigenvalue weighted by Crippen LogP contribution is -2.38. The van der Waals surface area contributed by atoms with Crippen LogP contribution in [0.4, 0.5) is 0 Å². The van der Waals surface area contributed by atoms with Gasteiger partial charge in [0.25, 0.3) is 5.91 Å². The number of hydrogen-bond acceptors (Lipinski definition) is 2. The Bertz CT molecular complexity index is 1040. The van der Waals surface area contributed by atoms with E-state index in [0.717, 1.165) is 48.1 Å². The van der Waals surface area contributed by atoms with Crippen LogP contribution in [0.5, 0.6) is 0 Å². The number of carbonyl (C=O) groups is 1. The lowest BCUT2D eigenvalue weighted by atomic mass is 9.99. The smallest absolute Gasteiger partial charge is 0.268 e. The van der Waals surface area contributed by atoms with Gasteiger partial charge in [-0.2, -0.15) is 0 Å². The molecule has 4 rings (SSSR count). The van der Waals surface area contributed by atoms with Gasteiger partial charge in [-0.3, -0.25) is 4.79 Å². The number of benzene rings is 2.